The fourth-order valence-electron chi connectivity index (χ4n) is 3.09. The first-order chi connectivity index (χ1) is 12.8. The molecule has 3 rings (SSSR count). The van der Waals surface area contributed by atoms with Crippen LogP contribution < -0.4 is 10.2 Å². The highest BCUT2D eigenvalue weighted by atomic mass is 35.5. The minimum absolute atomic E-state index is 0.0220. The molecule has 4 nitrogen and oxygen atoms in total. The quantitative estimate of drug-likeness (QED) is 0.787. The molecule has 1 aromatic heterocycles. The van der Waals surface area contributed by atoms with E-state index in [1.54, 1.807) is 18.2 Å². The van der Waals surface area contributed by atoms with Crippen molar-refractivity contribution in [2.45, 2.75) is 32.1 Å². The van der Waals surface area contributed by atoms with Gasteiger partial charge in [0.2, 0.25) is 5.92 Å². The summed E-state index contributed by atoms with van der Waals surface area (Å²) in [7, 11) is 0. The number of carbonyl (C=O) groups excluding carboxylic acids is 1. The summed E-state index contributed by atoms with van der Waals surface area (Å²) in [6.45, 7) is 2.10. The number of aromatic nitrogens is 1. The number of nitrogens with zero attached hydrogens (tertiary/aromatic N) is 2. The highest BCUT2D eigenvalue weighted by Gasteiger charge is 2.34. The lowest BCUT2D eigenvalue weighted by molar-refractivity contribution is -0.0102. The number of halogens is 4. The van der Waals surface area contributed by atoms with Gasteiger partial charge in [-0.2, -0.15) is 0 Å². The molecule has 1 amide bonds. The molecular formula is C19H19ClF3N3O. The number of aryl methyl sites for hydroxylation is 1. The van der Waals surface area contributed by atoms with Gasteiger partial charge in [0.25, 0.3) is 5.91 Å². The van der Waals surface area contributed by atoms with Gasteiger partial charge in [-0.15, -0.1) is 0 Å². The van der Waals surface area contributed by atoms with Crippen molar-refractivity contribution in [3.8, 4) is 0 Å². The Kier molecular flexibility index (Phi) is 5.60. The van der Waals surface area contributed by atoms with Crippen LogP contribution in [0.15, 0.2) is 30.5 Å². The maximum absolute atomic E-state index is 14.7. The van der Waals surface area contributed by atoms with E-state index in [2.05, 4.69) is 10.3 Å². The Bertz CT molecular complexity index is 860. The molecule has 0 saturated carbocycles. The van der Waals surface area contributed by atoms with Gasteiger partial charge in [0, 0.05) is 31.6 Å². The number of amides is 1. The summed E-state index contributed by atoms with van der Waals surface area (Å²) in [6.07, 6.45) is 0.693. The normalized spacial score (nSPS) is 16.7. The number of hydrogen-bond donors (Lipinski definition) is 1. The number of carbonyl (C=O) groups is 1. The van der Waals surface area contributed by atoms with E-state index in [0.29, 0.717) is 5.69 Å². The second-order valence-corrected chi connectivity index (χ2v) is 7.05. The molecule has 0 bridgehead atoms. The fraction of sp³-hybridized carbons (Fsp3) is 0.368. The number of benzene rings is 1. The Morgan fingerprint density at radius 2 is 2.07 bits per heavy atom. The molecular weight excluding hydrogens is 379 g/mol. The number of pyridine rings is 1. The standard InChI is InChI=1S/C19H19ClF3N3O/c1-12-4-2-5-13(10-12)25-18(27)15-16(21)14(20)11-24-17(15)26-8-3-6-19(22,23)7-9-26/h2,4-5,10-11H,3,6-9H2,1H3,(H,25,27). The molecule has 1 aromatic carbocycles. The van der Waals surface area contributed by atoms with Crippen LogP contribution in [0.4, 0.5) is 24.7 Å². The number of anilines is 2. The third-order valence-corrected chi connectivity index (χ3v) is 4.74. The maximum Gasteiger partial charge on any atom is 0.262 e. The SMILES string of the molecule is Cc1cccc(NC(=O)c2c(N3CCCC(F)(F)CC3)ncc(Cl)c2F)c1. The van der Waals surface area contributed by atoms with E-state index >= 15 is 0 Å². The number of hydrogen-bond acceptors (Lipinski definition) is 3. The largest absolute Gasteiger partial charge is 0.356 e. The molecule has 0 radical (unpaired) electrons. The molecule has 0 spiro atoms. The van der Waals surface area contributed by atoms with Gasteiger partial charge in [0.1, 0.15) is 11.4 Å². The second-order valence-electron chi connectivity index (χ2n) is 6.64. The first-order valence-electron chi connectivity index (χ1n) is 8.62. The van der Waals surface area contributed by atoms with E-state index in [0.717, 1.165) is 11.8 Å². The minimum Gasteiger partial charge on any atom is -0.356 e. The van der Waals surface area contributed by atoms with E-state index in [9.17, 15) is 18.0 Å². The summed E-state index contributed by atoms with van der Waals surface area (Å²) >= 11 is 5.82. The Labute approximate surface area is 160 Å². The molecule has 1 saturated heterocycles. The molecule has 8 heteroatoms. The van der Waals surface area contributed by atoms with Gasteiger partial charge >= 0.3 is 0 Å². The van der Waals surface area contributed by atoms with Gasteiger partial charge < -0.3 is 10.2 Å². The molecule has 0 unspecified atom stereocenters. The van der Waals surface area contributed by atoms with Crippen molar-refractivity contribution in [1.29, 1.82) is 0 Å². The average molecular weight is 398 g/mol. The molecule has 0 atom stereocenters. The molecule has 2 aromatic rings. The molecule has 1 aliphatic heterocycles. The smallest absolute Gasteiger partial charge is 0.262 e. The first-order valence-corrected chi connectivity index (χ1v) is 8.99. The van der Waals surface area contributed by atoms with Gasteiger partial charge in [-0.3, -0.25) is 4.79 Å². The van der Waals surface area contributed by atoms with Gasteiger partial charge in [0.05, 0.1) is 11.2 Å². The van der Waals surface area contributed by atoms with E-state index in [-0.39, 0.29) is 48.8 Å². The summed E-state index contributed by atoms with van der Waals surface area (Å²) in [4.78, 5) is 18.4. The van der Waals surface area contributed by atoms with Crippen molar-refractivity contribution in [2.24, 2.45) is 0 Å². The minimum atomic E-state index is -2.77. The van der Waals surface area contributed by atoms with Crippen molar-refractivity contribution < 1.29 is 18.0 Å². The first kappa shape index (κ1) is 19.5. The molecule has 0 aliphatic carbocycles. The van der Waals surface area contributed by atoms with Crippen LogP contribution in [0, 0.1) is 12.7 Å². The molecule has 1 N–H and O–H groups in total. The van der Waals surface area contributed by atoms with Crippen molar-refractivity contribution in [1.82, 2.24) is 4.98 Å². The topological polar surface area (TPSA) is 45.2 Å². The Balaban J connectivity index is 1.94. The lowest BCUT2D eigenvalue weighted by Gasteiger charge is -2.24. The monoisotopic (exact) mass is 397 g/mol. The number of rotatable bonds is 3. The molecule has 2 heterocycles. The van der Waals surface area contributed by atoms with Crippen molar-refractivity contribution >= 4 is 29.0 Å². The lowest BCUT2D eigenvalue weighted by atomic mass is 10.1. The predicted octanol–water partition coefficient (Wildman–Crippen LogP) is 5.06. The van der Waals surface area contributed by atoms with E-state index < -0.39 is 17.6 Å². The third kappa shape index (κ3) is 4.53. The summed E-state index contributed by atoms with van der Waals surface area (Å²) in [5, 5.41) is 2.33. The van der Waals surface area contributed by atoms with Crippen LogP contribution in [0.1, 0.15) is 35.2 Å². The Morgan fingerprint density at radius 1 is 1.30 bits per heavy atom. The van der Waals surface area contributed by atoms with Crippen LogP contribution in [0.3, 0.4) is 0 Å². The van der Waals surface area contributed by atoms with E-state index in [4.69, 9.17) is 11.6 Å². The van der Waals surface area contributed by atoms with Crippen molar-refractivity contribution in [2.75, 3.05) is 23.3 Å². The van der Waals surface area contributed by atoms with E-state index in [1.807, 2.05) is 13.0 Å². The summed E-state index contributed by atoms with van der Waals surface area (Å²) in [6, 6.07) is 7.03. The summed E-state index contributed by atoms with van der Waals surface area (Å²) in [5.41, 5.74) is 1.08. The second kappa shape index (κ2) is 7.76. The number of alkyl halides is 2. The van der Waals surface area contributed by atoms with E-state index in [1.165, 1.54) is 4.90 Å². The maximum atomic E-state index is 14.7. The third-order valence-electron chi connectivity index (χ3n) is 4.47. The van der Waals surface area contributed by atoms with Gasteiger partial charge in [-0.05, 0) is 31.0 Å². The van der Waals surface area contributed by atoms with Crippen molar-refractivity contribution in [3.63, 3.8) is 0 Å². The Morgan fingerprint density at radius 3 is 2.81 bits per heavy atom. The predicted molar refractivity (Wildman–Crippen MR) is 99.3 cm³/mol. The van der Waals surface area contributed by atoms with Crippen LogP contribution in [0.2, 0.25) is 5.02 Å². The zero-order valence-corrected chi connectivity index (χ0v) is 15.5. The van der Waals surface area contributed by atoms with Crippen molar-refractivity contribution in [3.05, 3.63) is 52.4 Å². The molecule has 144 valence electrons. The summed E-state index contributed by atoms with van der Waals surface area (Å²) in [5.74, 6) is -4.38. The zero-order chi connectivity index (χ0) is 19.6. The van der Waals surface area contributed by atoms with Crippen LogP contribution in [-0.4, -0.2) is 29.9 Å². The highest BCUT2D eigenvalue weighted by molar-refractivity contribution is 6.31. The zero-order valence-electron chi connectivity index (χ0n) is 14.7. The summed E-state index contributed by atoms with van der Waals surface area (Å²) < 4.78 is 42.0. The fourth-order valence-corrected chi connectivity index (χ4v) is 3.23. The van der Waals surface area contributed by atoms with Crippen LogP contribution in [-0.2, 0) is 0 Å². The van der Waals surface area contributed by atoms with Crippen LogP contribution >= 0.6 is 11.6 Å². The lowest BCUT2D eigenvalue weighted by Crippen LogP contribution is -2.30. The van der Waals surface area contributed by atoms with Gasteiger partial charge in [0.15, 0.2) is 5.82 Å². The Hall–Kier alpha value is -2.28. The average Bonchev–Trinajstić information content (AvgIpc) is 2.77. The van der Waals surface area contributed by atoms with Gasteiger partial charge in [-0.1, -0.05) is 23.7 Å². The molecule has 27 heavy (non-hydrogen) atoms. The molecule has 1 fully saturated rings. The highest BCUT2D eigenvalue weighted by Crippen LogP contribution is 2.32. The molecule has 1 aliphatic rings. The van der Waals surface area contributed by atoms with Gasteiger partial charge in [-0.25, -0.2) is 18.2 Å². The van der Waals surface area contributed by atoms with Crippen LogP contribution in [0.25, 0.3) is 0 Å². The number of nitrogens with one attached hydrogen (secondary N) is 1. The van der Waals surface area contributed by atoms with Crippen LogP contribution in [0.5, 0.6) is 0 Å².